The predicted molar refractivity (Wildman–Crippen MR) is 116 cm³/mol. The zero-order chi connectivity index (χ0) is 23.5. The lowest BCUT2D eigenvalue weighted by atomic mass is 9.67. The van der Waals surface area contributed by atoms with Crippen molar-refractivity contribution < 1.29 is 26.3 Å². The van der Waals surface area contributed by atoms with Crippen molar-refractivity contribution in [2.45, 2.75) is 90.4 Å². The van der Waals surface area contributed by atoms with Crippen LogP contribution in [0.15, 0.2) is 18.0 Å². The molecule has 0 heterocycles. The van der Waals surface area contributed by atoms with Gasteiger partial charge in [0.15, 0.2) is 17.5 Å². The SMILES string of the molecule is CCCc1ccc(/C(F)=C(\F)C2CCC(C3CCC(CCC)CC3)C(F)(F)C2)c(F)c1F. The largest absolute Gasteiger partial charge is 0.251 e. The first kappa shape index (κ1) is 25.2. The summed E-state index contributed by atoms with van der Waals surface area (Å²) in [6, 6.07) is 2.22. The second-order valence-corrected chi connectivity index (χ2v) is 9.73. The maximum absolute atomic E-state index is 15.0. The van der Waals surface area contributed by atoms with Crippen LogP contribution in [0.5, 0.6) is 0 Å². The molecule has 0 saturated heterocycles. The smallest absolute Gasteiger partial charge is 0.208 e. The molecule has 0 aromatic heterocycles. The predicted octanol–water partition coefficient (Wildman–Crippen LogP) is 9.18. The number of rotatable bonds is 7. The van der Waals surface area contributed by atoms with Gasteiger partial charge in [0.25, 0.3) is 5.92 Å². The third kappa shape index (κ3) is 5.36. The highest BCUT2D eigenvalue weighted by atomic mass is 19.3. The molecule has 0 radical (unpaired) electrons. The van der Waals surface area contributed by atoms with Gasteiger partial charge in [0.1, 0.15) is 5.83 Å². The van der Waals surface area contributed by atoms with Crippen LogP contribution in [0.2, 0.25) is 0 Å². The van der Waals surface area contributed by atoms with Crippen LogP contribution < -0.4 is 0 Å². The number of aryl methyl sites for hydroxylation is 1. The summed E-state index contributed by atoms with van der Waals surface area (Å²) in [5.74, 6) is -10.4. The summed E-state index contributed by atoms with van der Waals surface area (Å²) in [6.07, 6.45) is 5.92. The molecule has 2 aliphatic rings. The highest BCUT2D eigenvalue weighted by Crippen LogP contribution is 2.51. The fraction of sp³-hybridized carbons (Fsp3) is 0.692. The van der Waals surface area contributed by atoms with Crippen molar-refractivity contribution in [3.63, 3.8) is 0 Å². The number of benzene rings is 1. The molecule has 6 heteroatoms. The maximum Gasteiger partial charge on any atom is 0.251 e. The van der Waals surface area contributed by atoms with Crippen LogP contribution in [0.1, 0.15) is 89.2 Å². The third-order valence-electron chi connectivity index (χ3n) is 7.53. The van der Waals surface area contributed by atoms with Gasteiger partial charge < -0.3 is 0 Å². The van der Waals surface area contributed by atoms with Gasteiger partial charge in [0, 0.05) is 18.3 Å². The second-order valence-electron chi connectivity index (χ2n) is 9.73. The van der Waals surface area contributed by atoms with E-state index in [0.29, 0.717) is 12.3 Å². The summed E-state index contributed by atoms with van der Waals surface area (Å²) in [5, 5.41) is 0. The van der Waals surface area contributed by atoms with Crippen LogP contribution in [-0.4, -0.2) is 5.92 Å². The molecule has 2 fully saturated rings. The molecule has 2 atom stereocenters. The van der Waals surface area contributed by atoms with Gasteiger partial charge in [-0.3, -0.25) is 0 Å². The van der Waals surface area contributed by atoms with E-state index in [1.807, 2.05) is 0 Å². The zero-order valence-electron chi connectivity index (χ0n) is 19.0. The molecule has 32 heavy (non-hydrogen) atoms. The van der Waals surface area contributed by atoms with Crippen molar-refractivity contribution in [2.75, 3.05) is 0 Å². The van der Waals surface area contributed by atoms with Crippen molar-refractivity contribution >= 4 is 5.83 Å². The highest BCUT2D eigenvalue weighted by Gasteiger charge is 2.50. The number of alkyl halides is 2. The lowest BCUT2D eigenvalue weighted by molar-refractivity contribution is -0.125. The van der Waals surface area contributed by atoms with E-state index in [0.717, 1.165) is 44.6 Å². The lowest BCUT2D eigenvalue weighted by Gasteiger charge is -2.42. The van der Waals surface area contributed by atoms with Gasteiger partial charge in [-0.25, -0.2) is 26.3 Å². The van der Waals surface area contributed by atoms with Gasteiger partial charge in [-0.1, -0.05) is 52.0 Å². The number of halogens is 6. The van der Waals surface area contributed by atoms with Gasteiger partial charge in [-0.05, 0) is 55.6 Å². The molecule has 1 aromatic rings. The van der Waals surface area contributed by atoms with E-state index in [-0.39, 0.29) is 30.7 Å². The van der Waals surface area contributed by atoms with Crippen LogP contribution in [0.25, 0.3) is 5.83 Å². The summed E-state index contributed by atoms with van der Waals surface area (Å²) in [7, 11) is 0. The van der Waals surface area contributed by atoms with Gasteiger partial charge in [-0.2, -0.15) is 0 Å². The first-order valence-corrected chi connectivity index (χ1v) is 12.1. The molecule has 2 saturated carbocycles. The molecule has 1 aromatic carbocycles. The molecule has 3 rings (SSSR count). The molecule has 0 amide bonds. The second kappa shape index (κ2) is 10.6. The van der Waals surface area contributed by atoms with Crippen molar-refractivity contribution in [2.24, 2.45) is 23.7 Å². The van der Waals surface area contributed by atoms with Crippen molar-refractivity contribution in [3.05, 3.63) is 40.7 Å². The Labute approximate surface area is 187 Å². The van der Waals surface area contributed by atoms with Crippen LogP contribution in [0, 0.1) is 35.3 Å². The molecule has 0 bridgehead atoms. The Morgan fingerprint density at radius 3 is 2.19 bits per heavy atom. The van der Waals surface area contributed by atoms with Gasteiger partial charge in [-0.15, -0.1) is 0 Å². The minimum Gasteiger partial charge on any atom is -0.208 e. The highest BCUT2D eigenvalue weighted by molar-refractivity contribution is 5.62. The first-order chi connectivity index (χ1) is 15.2. The fourth-order valence-electron chi connectivity index (χ4n) is 5.79. The quantitative estimate of drug-likeness (QED) is 0.356. The normalized spacial score (nSPS) is 29.0. The number of allylic oxidation sites excluding steroid dienone is 1. The van der Waals surface area contributed by atoms with E-state index < -0.39 is 53.0 Å². The monoisotopic (exact) mass is 460 g/mol. The Bertz CT molecular complexity index is 807. The molecular formula is C26H34F6. The molecule has 2 unspecified atom stereocenters. The zero-order valence-corrected chi connectivity index (χ0v) is 19.0. The van der Waals surface area contributed by atoms with E-state index >= 15 is 8.78 Å². The summed E-state index contributed by atoms with van der Waals surface area (Å²) in [4.78, 5) is 0. The number of hydrogen-bond donors (Lipinski definition) is 0. The molecule has 180 valence electrons. The van der Waals surface area contributed by atoms with Crippen LogP contribution in [-0.2, 0) is 6.42 Å². The Balaban J connectivity index is 1.72. The molecule has 0 spiro atoms. The number of hydrogen-bond acceptors (Lipinski definition) is 0. The van der Waals surface area contributed by atoms with Crippen LogP contribution >= 0.6 is 0 Å². The van der Waals surface area contributed by atoms with Crippen LogP contribution in [0.3, 0.4) is 0 Å². The molecule has 0 aliphatic heterocycles. The van der Waals surface area contributed by atoms with E-state index in [4.69, 9.17) is 0 Å². The van der Waals surface area contributed by atoms with Gasteiger partial charge >= 0.3 is 0 Å². The van der Waals surface area contributed by atoms with Crippen LogP contribution in [0.4, 0.5) is 26.3 Å². The summed E-state index contributed by atoms with van der Waals surface area (Å²) < 4.78 is 88.1. The van der Waals surface area contributed by atoms with Gasteiger partial charge in [0.05, 0.1) is 5.56 Å². The Morgan fingerprint density at radius 1 is 0.906 bits per heavy atom. The van der Waals surface area contributed by atoms with Crippen molar-refractivity contribution in [3.8, 4) is 0 Å². The Morgan fingerprint density at radius 2 is 1.59 bits per heavy atom. The fourth-order valence-corrected chi connectivity index (χ4v) is 5.79. The summed E-state index contributed by atoms with van der Waals surface area (Å²) >= 11 is 0. The molecule has 0 nitrogen and oxygen atoms in total. The van der Waals surface area contributed by atoms with E-state index in [1.54, 1.807) is 6.92 Å². The molecule has 0 N–H and O–H groups in total. The average molecular weight is 461 g/mol. The molecule has 2 aliphatic carbocycles. The standard InChI is InChI=1S/C26H34F6/c1-3-5-16-7-9-17(10-8-16)21-14-12-19(15-26(21,31)32)23(28)25(30)20-13-11-18(6-4-2)22(27)24(20)29/h11,13,16-17,19,21H,3-10,12,14-15H2,1-2H3/b25-23+. The van der Waals surface area contributed by atoms with E-state index in [9.17, 15) is 17.6 Å². The third-order valence-corrected chi connectivity index (χ3v) is 7.53. The van der Waals surface area contributed by atoms with Crippen molar-refractivity contribution in [1.29, 1.82) is 0 Å². The first-order valence-electron chi connectivity index (χ1n) is 12.1. The Hall–Kier alpha value is -1.46. The lowest BCUT2D eigenvalue weighted by Crippen LogP contribution is -2.41. The minimum absolute atomic E-state index is 0.0858. The topological polar surface area (TPSA) is 0 Å². The average Bonchev–Trinajstić information content (AvgIpc) is 2.76. The van der Waals surface area contributed by atoms with E-state index in [1.165, 1.54) is 6.07 Å². The Kier molecular flexibility index (Phi) is 8.37. The summed E-state index contributed by atoms with van der Waals surface area (Å²) in [6.45, 7) is 3.92. The summed E-state index contributed by atoms with van der Waals surface area (Å²) in [5.41, 5.74) is -0.748. The van der Waals surface area contributed by atoms with Crippen molar-refractivity contribution in [1.82, 2.24) is 0 Å². The van der Waals surface area contributed by atoms with E-state index in [2.05, 4.69) is 6.92 Å². The maximum atomic E-state index is 15.0. The minimum atomic E-state index is -3.10. The molecular weight excluding hydrogens is 426 g/mol. The van der Waals surface area contributed by atoms with Gasteiger partial charge in [0.2, 0.25) is 0 Å².